The molecule has 1 heteroatoms. The summed E-state index contributed by atoms with van der Waals surface area (Å²) in [6.07, 6.45) is 4.78. The number of rotatable bonds is 6. The SMILES string of the molecule is C=CCNC(=C)C(C=C)CC. The molecule has 0 rings (SSSR count). The van der Waals surface area contributed by atoms with Crippen LogP contribution in [0.4, 0.5) is 0 Å². The van der Waals surface area contributed by atoms with Crippen molar-refractivity contribution in [2.45, 2.75) is 13.3 Å². The first-order valence-electron chi connectivity index (χ1n) is 3.92. The normalized spacial score (nSPS) is 11.7. The summed E-state index contributed by atoms with van der Waals surface area (Å²) >= 11 is 0. The molecule has 62 valence electrons. The van der Waals surface area contributed by atoms with E-state index in [1.807, 2.05) is 12.2 Å². The lowest BCUT2D eigenvalue weighted by Gasteiger charge is -2.14. The molecule has 0 amide bonds. The second kappa shape index (κ2) is 5.78. The molecule has 0 aromatic carbocycles. The minimum atomic E-state index is 0.384. The molecule has 0 aromatic heterocycles. The van der Waals surface area contributed by atoms with Crippen molar-refractivity contribution in [2.24, 2.45) is 5.92 Å². The van der Waals surface area contributed by atoms with Gasteiger partial charge in [-0.3, -0.25) is 0 Å². The zero-order valence-corrected chi connectivity index (χ0v) is 7.27. The summed E-state index contributed by atoms with van der Waals surface area (Å²) in [6, 6.07) is 0. The van der Waals surface area contributed by atoms with E-state index < -0.39 is 0 Å². The third-order valence-corrected chi connectivity index (χ3v) is 1.65. The predicted octanol–water partition coefficient (Wildman–Crippen LogP) is 2.49. The molecule has 0 fully saturated rings. The predicted molar refractivity (Wildman–Crippen MR) is 51.3 cm³/mol. The monoisotopic (exact) mass is 151 g/mol. The molecule has 0 aliphatic heterocycles. The number of nitrogens with one attached hydrogen (secondary N) is 1. The average Bonchev–Trinajstić information content (AvgIpc) is 2.03. The van der Waals surface area contributed by atoms with Gasteiger partial charge in [0.1, 0.15) is 0 Å². The molecule has 0 aliphatic carbocycles. The second-order valence-corrected chi connectivity index (χ2v) is 2.45. The van der Waals surface area contributed by atoms with Crippen molar-refractivity contribution in [2.75, 3.05) is 6.54 Å². The van der Waals surface area contributed by atoms with E-state index in [4.69, 9.17) is 0 Å². The van der Waals surface area contributed by atoms with Crippen LogP contribution in [0.25, 0.3) is 0 Å². The Bertz CT molecular complexity index is 147. The van der Waals surface area contributed by atoms with Gasteiger partial charge in [-0.1, -0.05) is 25.7 Å². The molecule has 1 nitrogen and oxygen atoms in total. The lowest BCUT2D eigenvalue weighted by atomic mass is 10.0. The van der Waals surface area contributed by atoms with Crippen molar-refractivity contribution in [3.63, 3.8) is 0 Å². The van der Waals surface area contributed by atoms with E-state index in [-0.39, 0.29) is 0 Å². The van der Waals surface area contributed by atoms with Crippen LogP contribution < -0.4 is 5.32 Å². The van der Waals surface area contributed by atoms with Gasteiger partial charge in [0.25, 0.3) is 0 Å². The highest BCUT2D eigenvalue weighted by Gasteiger charge is 2.03. The van der Waals surface area contributed by atoms with Gasteiger partial charge in [-0.25, -0.2) is 0 Å². The molecule has 0 heterocycles. The van der Waals surface area contributed by atoms with E-state index in [9.17, 15) is 0 Å². The van der Waals surface area contributed by atoms with Crippen LogP contribution in [0.1, 0.15) is 13.3 Å². The molecule has 0 aromatic rings. The number of allylic oxidation sites excluding steroid dienone is 1. The minimum Gasteiger partial charge on any atom is -0.385 e. The largest absolute Gasteiger partial charge is 0.385 e. The smallest absolute Gasteiger partial charge is 0.0325 e. The average molecular weight is 151 g/mol. The highest BCUT2D eigenvalue weighted by molar-refractivity contribution is 5.05. The first-order chi connectivity index (χ1) is 5.26. The van der Waals surface area contributed by atoms with Gasteiger partial charge in [-0.2, -0.15) is 0 Å². The molecule has 0 bridgehead atoms. The van der Waals surface area contributed by atoms with Crippen LogP contribution in [0.5, 0.6) is 0 Å². The fourth-order valence-corrected chi connectivity index (χ4v) is 0.890. The van der Waals surface area contributed by atoms with E-state index in [0.29, 0.717) is 5.92 Å². The Morgan fingerprint density at radius 1 is 1.55 bits per heavy atom. The molecule has 0 saturated carbocycles. The Hall–Kier alpha value is -0.980. The maximum absolute atomic E-state index is 3.90. The third kappa shape index (κ3) is 3.66. The summed E-state index contributed by atoms with van der Waals surface area (Å²) in [6.45, 7) is 14.2. The van der Waals surface area contributed by atoms with Gasteiger partial charge in [-0.15, -0.1) is 13.2 Å². The zero-order valence-electron chi connectivity index (χ0n) is 7.27. The van der Waals surface area contributed by atoms with Crippen LogP contribution in [0.2, 0.25) is 0 Å². The minimum absolute atomic E-state index is 0.384. The van der Waals surface area contributed by atoms with E-state index in [0.717, 1.165) is 18.7 Å². The van der Waals surface area contributed by atoms with Crippen LogP contribution in [-0.4, -0.2) is 6.54 Å². The van der Waals surface area contributed by atoms with Gasteiger partial charge in [0.15, 0.2) is 0 Å². The summed E-state index contributed by atoms with van der Waals surface area (Å²) in [5.41, 5.74) is 1.03. The molecular weight excluding hydrogens is 134 g/mol. The number of hydrogen-bond donors (Lipinski definition) is 1. The fraction of sp³-hybridized carbons (Fsp3) is 0.400. The van der Waals surface area contributed by atoms with Crippen LogP contribution >= 0.6 is 0 Å². The molecule has 1 unspecified atom stereocenters. The molecule has 1 N–H and O–H groups in total. The zero-order chi connectivity index (χ0) is 8.69. The van der Waals surface area contributed by atoms with Gasteiger partial charge < -0.3 is 5.32 Å². The first kappa shape index (κ1) is 10.0. The highest BCUT2D eigenvalue weighted by Crippen LogP contribution is 2.10. The van der Waals surface area contributed by atoms with E-state index in [2.05, 4.69) is 32.0 Å². The van der Waals surface area contributed by atoms with Crippen molar-refractivity contribution in [3.05, 3.63) is 37.6 Å². The summed E-state index contributed by atoms with van der Waals surface area (Å²) < 4.78 is 0. The first-order valence-corrected chi connectivity index (χ1v) is 3.92. The Labute approximate surface area is 69.5 Å². The molecule has 0 aliphatic rings. The topological polar surface area (TPSA) is 12.0 Å². The second-order valence-electron chi connectivity index (χ2n) is 2.45. The molecule has 1 atom stereocenters. The third-order valence-electron chi connectivity index (χ3n) is 1.65. The van der Waals surface area contributed by atoms with Gasteiger partial charge in [-0.05, 0) is 6.42 Å². The summed E-state index contributed by atoms with van der Waals surface area (Å²) in [7, 11) is 0. The fourth-order valence-electron chi connectivity index (χ4n) is 0.890. The molecular formula is C10H17N. The van der Waals surface area contributed by atoms with Crippen molar-refractivity contribution in [3.8, 4) is 0 Å². The Morgan fingerprint density at radius 3 is 2.55 bits per heavy atom. The lowest BCUT2D eigenvalue weighted by molar-refractivity contribution is 0.663. The number of hydrogen-bond acceptors (Lipinski definition) is 1. The van der Waals surface area contributed by atoms with Crippen LogP contribution in [0.15, 0.2) is 37.6 Å². The lowest BCUT2D eigenvalue weighted by Crippen LogP contribution is -2.17. The van der Waals surface area contributed by atoms with Gasteiger partial charge in [0, 0.05) is 18.2 Å². The van der Waals surface area contributed by atoms with Crippen LogP contribution in [0.3, 0.4) is 0 Å². The van der Waals surface area contributed by atoms with Crippen LogP contribution in [0, 0.1) is 5.92 Å². The van der Waals surface area contributed by atoms with Gasteiger partial charge in [0.05, 0.1) is 0 Å². The van der Waals surface area contributed by atoms with Gasteiger partial charge >= 0.3 is 0 Å². The summed E-state index contributed by atoms with van der Waals surface area (Å²) in [5, 5.41) is 3.15. The van der Waals surface area contributed by atoms with E-state index in [1.54, 1.807) is 0 Å². The standard InChI is InChI=1S/C10H17N/c1-5-8-11-9(4)10(6-2)7-3/h5-6,10-11H,1-2,4,7-8H2,3H3. The summed E-state index contributed by atoms with van der Waals surface area (Å²) in [4.78, 5) is 0. The molecule has 0 radical (unpaired) electrons. The molecule has 11 heavy (non-hydrogen) atoms. The Kier molecular flexibility index (Phi) is 5.26. The highest BCUT2D eigenvalue weighted by atomic mass is 14.9. The maximum atomic E-state index is 3.90. The van der Waals surface area contributed by atoms with Crippen molar-refractivity contribution >= 4 is 0 Å². The Balaban J connectivity index is 3.78. The van der Waals surface area contributed by atoms with E-state index in [1.165, 1.54) is 0 Å². The summed E-state index contributed by atoms with van der Waals surface area (Å²) in [5.74, 6) is 0.384. The van der Waals surface area contributed by atoms with Crippen molar-refractivity contribution in [1.29, 1.82) is 0 Å². The quantitative estimate of drug-likeness (QED) is 0.575. The van der Waals surface area contributed by atoms with Crippen molar-refractivity contribution < 1.29 is 0 Å². The van der Waals surface area contributed by atoms with E-state index >= 15 is 0 Å². The van der Waals surface area contributed by atoms with Crippen molar-refractivity contribution in [1.82, 2.24) is 5.32 Å². The molecule has 0 saturated heterocycles. The van der Waals surface area contributed by atoms with Crippen LogP contribution in [-0.2, 0) is 0 Å². The Morgan fingerprint density at radius 2 is 2.18 bits per heavy atom. The van der Waals surface area contributed by atoms with Gasteiger partial charge in [0.2, 0.25) is 0 Å². The molecule has 0 spiro atoms. The maximum Gasteiger partial charge on any atom is 0.0325 e.